The zero-order valence-electron chi connectivity index (χ0n) is 10.4. The maximum absolute atomic E-state index is 13.4. The lowest BCUT2D eigenvalue weighted by Gasteiger charge is -2.15. The van der Waals surface area contributed by atoms with Crippen LogP contribution >= 0.6 is 0 Å². The van der Waals surface area contributed by atoms with Gasteiger partial charge in [0.2, 0.25) is 5.95 Å². The summed E-state index contributed by atoms with van der Waals surface area (Å²) < 4.78 is 13.4. The molecule has 6 heteroatoms. The van der Waals surface area contributed by atoms with Gasteiger partial charge in [-0.2, -0.15) is 4.98 Å². The monoisotopic (exact) mass is 242 g/mol. The number of nitrogens with one attached hydrogen (secondary N) is 2. The molecule has 0 saturated carbocycles. The van der Waals surface area contributed by atoms with Gasteiger partial charge < -0.3 is 15.7 Å². The van der Waals surface area contributed by atoms with E-state index in [1.807, 2.05) is 20.8 Å². The first-order valence-corrected chi connectivity index (χ1v) is 5.73. The highest BCUT2D eigenvalue weighted by atomic mass is 19.1. The van der Waals surface area contributed by atoms with Crippen molar-refractivity contribution < 1.29 is 9.50 Å². The van der Waals surface area contributed by atoms with Gasteiger partial charge >= 0.3 is 0 Å². The predicted octanol–water partition coefficient (Wildman–Crippen LogP) is 1.48. The van der Waals surface area contributed by atoms with Crippen molar-refractivity contribution in [2.75, 3.05) is 23.7 Å². The smallest absolute Gasteiger partial charge is 0.224 e. The van der Waals surface area contributed by atoms with E-state index in [-0.39, 0.29) is 18.3 Å². The zero-order chi connectivity index (χ0) is 12.8. The van der Waals surface area contributed by atoms with Gasteiger partial charge in [0.05, 0.1) is 12.3 Å². The van der Waals surface area contributed by atoms with Crippen LogP contribution in [0.15, 0.2) is 6.20 Å². The van der Waals surface area contributed by atoms with E-state index in [2.05, 4.69) is 20.6 Å². The summed E-state index contributed by atoms with van der Waals surface area (Å²) in [5.74, 6) is 0.0642. The van der Waals surface area contributed by atoms with E-state index < -0.39 is 11.9 Å². The molecule has 1 heterocycles. The number of rotatable bonds is 6. The summed E-state index contributed by atoms with van der Waals surface area (Å²) in [5, 5.41) is 15.3. The molecule has 0 aliphatic carbocycles. The number of nitrogens with zero attached hydrogens (tertiary/aromatic N) is 2. The minimum Gasteiger partial charge on any atom is -0.391 e. The largest absolute Gasteiger partial charge is 0.391 e. The van der Waals surface area contributed by atoms with Crippen LogP contribution in [0.2, 0.25) is 0 Å². The van der Waals surface area contributed by atoms with Crippen LogP contribution in [0.3, 0.4) is 0 Å². The Balaban J connectivity index is 2.66. The molecule has 1 aromatic rings. The summed E-state index contributed by atoms with van der Waals surface area (Å²) in [4.78, 5) is 7.77. The van der Waals surface area contributed by atoms with Gasteiger partial charge in [0.15, 0.2) is 11.6 Å². The predicted molar refractivity (Wildman–Crippen MR) is 65.5 cm³/mol. The second-order valence-corrected chi connectivity index (χ2v) is 4.11. The molecule has 1 atom stereocenters. The Hall–Kier alpha value is -1.43. The van der Waals surface area contributed by atoms with Crippen LogP contribution in [0, 0.1) is 11.7 Å². The summed E-state index contributed by atoms with van der Waals surface area (Å²) in [5.41, 5.74) is 0. The van der Waals surface area contributed by atoms with Gasteiger partial charge in [0, 0.05) is 13.1 Å². The molecule has 0 bridgehead atoms. The third kappa shape index (κ3) is 4.14. The van der Waals surface area contributed by atoms with Crippen molar-refractivity contribution in [1.29, 1.82) is 0 Å². The molecule has 0 aliphatic rings. The molecule has 96 valence electrons. The van der Waals surface area contributed by atoms with E-state index in [9.17, 15) is 9.50 Å². The van der Waals surface area contributed by atoms with E-state index in [1.54, 1.807) is 0 Å². The van der Waals surface area contributed by atoms with E-state index in [4.69, 9.17) is 0 Å². The Morgan fingerprint density at radius 3 is 2.71 bits per heavy atom. The molecule has 0 amide bonds. The van der Waals surface area contributed by atoms with Gasteiger partial charge in [0.25, 0.3) is 0 Å². The van der Waals surface area contributed by atoms with Crippen molar-refractivity contribution in [3.8, 4) is 0 Å². The summed E-state index contributed by atoms with van der Waals surface area (Å²) in [6.07, 6.45) is 0.571. The topological polar surface area (TPSA) is 70.1 Å². The maximum atomic E-state index is 13.4. The highest BCUT2D eigenvalue weighted by Gasteiger charge is 2.11. The maximum Gasteiger partial charge on any atom is 0.224 e. The van der Waals surface area contributed by atoms with Gasteiger partial charge in [0.1, 0.15) is 0 Å². The van der Waals surface area contributed by atoms with Gasteiger partial charge in [-0.15, -0.1) is 0 Å². The molecular formula is C11H19FN4O. The molecule has 0 radical (unpaired) electrons. The molecule has 0 fully saturated rings. The molecule has 0 aliphatic heterocycles. The van der Waals surface area contributed by atoms with Crippen molar-refractivity contribution in [2.45, 2.75) is 26.9 Å². The first kappa shape index (κ1) is 13.6. The van der Waals surface area contributed by atoms with Crippen molar-refractivity contribution in [2.24, 2.45) is 5.92 Å². The Kier molecular flexibility index (Phi) is 5.09. The Labute approximate surface area is 100 Å². The number of hydrogen-bond donors (Lipinski definition) is 3. The average Bonchev–Trinajstić information content (AvgIpc) is 2.29. The Morgan fingerprint density at radius 1 is 1.41 bits per heavy atom. The molecule has 17 heavy (non-hydrogen) atoms. The fourth-order valence-corrected chi connectivity index (χ4v) is 1.17. The van der Waals surface area contributed by atoms with E-state index in [0.717, 1.165) is 6.20 Å². The van der Waals surface area contributed by atoms with Crippen LogP contribution < -0.4 is 10.6 Å². The lowest BCUT2D eigenvalue weighted by atomic mass is 10.1. The number of halogens is 1. The highest BCUT2D eigenvalue weighted by molar-refractivity contribution is 5.41. The van der Waals surface area contributed by atoms with Crippen LogP contribution in [-0.2, 0) is 0 Å². The summed E-state index contributed by atoms with van der Waals surface area (Å²) in [7, 11) is 0. The van der Waals surface area contributed by atoms with Crippen LogP contribution in [-0.4, -0.2) is 34.3 Å². The summed E-state index contributed by atoms with van der Waals surface area (Å²) >= 11 is 0. The Morgan fingerprint density at radius 2 is 2.12 bits per heavy atom. The van der Waals surface area contributed by atoms with Gasteiger partial charge in [-0.25, -0.2) is 9.37 Å². The summed E-state index contributed by atoms with van der Waals surface area (Å²) in [6.45, 7) is 6.62. The van der Waals surface area contributed by atoms with Crippen LogP contribution in [0.1, 0.15) is 20.8 Å². The fraction of sp³-hybridized carbons (Fsp3) is 0.636. The van der Waals surface area contributed by atoms with Crippen molar-refractivity contribution in [3.63, 3.8) is 0 Å². The quantitative estimate of drug-likeness (QED) is 0.705. The Bertz CT molecular complexity index is 359. The van der Waals surface area contributed by atoms with E-state index >= 15 is 0 Å². The van der Waals surface area contributed by atoms with Crippen LogP contribution in [0.25, 0.3) is 0 Å². The SMILES string of the molecule is CCNc1ncc(F)c(NCC(O)C(C)C)n1. The molecule has 0 spiro atoms. The standard InChI is InChI=1S/C11H19FN4O/c1-4-13-11-15-5-8(12)10(16-11)14-6-9(17)7(2)3/h5,7,9,17H,4,6H2,1-3H3,(H2,13,14,15,16). The molecule has 1 aromatic heterocycles. The molecule has 1 rings (SSSR count). The van der Waals surface area contributed by atoms with Gasteiger partial charge in [-0.1, -0.05) is 13.8 Å². The number of aliphatic hydroxyl groups excluding tert-OH is 1. The van der Waals surface area contributed by atoms with E-state index in [1.165, 1.54) is 0 Å². The fourth-order valence-electron chi connectivity index (χ4n) is 1.17. The van der Waals surface area contributed by atoms with Crippen molar-refractivity contribution >= 4 is 11.8 Å². The number of aromatic nitrogens is 2. The zero-order valence-corrected chi connectivity index (χ0v) is 10.4. The first-order chi connectivity index (χ1) is 8.04. The summed E-state index contributed by atoms with van der Waals surface area (Å²) in [6, 6.07) is 0. The molecule has 0 saturated heterocycles. The number of hydrogen-bond acceptors (Lipinski definition) is 5. The third-order valence-electron chi connectivity index (χ3n) is 2.33. The van der Waals surface area contributed by atoms with Crippen LogP contribution in [0.5, 0.6) is 0 Å². The minimum absolute atomic E-state index is 0.107. The first-order valence-electron chi connectivity index (χ1n) is 5.73. The number of anilines is 2. The number of aliphatic hydroxyl groups is 1. The normalized spacial score (nSPS) is 12.6. The molecule has 5 nitrogen and oxygen atoms in total. The lowest BCUT2D eigenvalue weighted by molar-refractivity contribution is 0.137. The second kappa shape index (κ2) is 6.34. The van der Waals surface area contributed by atoms with Crippen LogP contribution in [0.4, 0.5) is 16.2 Å². The highest BCUT2D eigenvalue weighted by Crippen LogP contribution is 2.12. The van der Waals surface area contributed by atoms with E-state index in [0.29, 0.717) is 12.5 Å². The van der Waals surface area contributed by atoms with Crippen molar-refractivity contribution in [1.82, 2.24) is 9.97 Å². The molecular weight excluding hydrogens is 223 g/mol. The molecule has 0 aromatic carbocycles. The average molecular weight is 242 g/mol. The van der Waals surface area contributed by atoms with Gasteiger partial charge in [-0.3, -0.25) is 0 Å². The van der Waals surface area contributed by atoms with Gasteiger partial charge in [-0.05, 0) is 12.8 Å². The molecule has 3 N–H and O–H groups in total. The van der Waals surface area contributed by atoms with Crippen molar-refractivity contribution in [3.05, 3.63) is 12.0 Å². The second-order valence-electron chi connectivity index (χ2n) is 4.11. The lowest BCUT2D eigenvalue weighted by Crippen LogP contribution is -2.25. The minimum atomic E-state index is -0.535. The molecule has 1 unspecified atom stereocenters. The third-order valence-corrected chi connectivity index (χ3v) is 2.33.